The first-order valence-corrected chi connectivity index (χ1v) is 7.31. The maximum Gasteiger partial charge on any atom is 0.341 e. The maximum atomic E-state index is 11.9. The first kappa shape index (κ1) is 14.3. The molecule has 1 aromatic rings. The van der Waals surface area contributed by atoms with E-state index in [0.717, 1.165) is 29.8 Å². The molecule has 2 rings (SSSR count). The Labute approximate surface area is 122 Å². The van der Waals surface area contributed by atoms with Gasteiger partial charge in [0.25, 0.3) is 0 Å². The zero-order valence-corrected chi connectivity index (χ0v) is 13.1. The largest absolute Gasteiger partial charge is 0.465 e. The Hall–Kier alpha value is -1.10. The van der Waals surface area contributed by atoms with Crippen molar-refractivity contribution in [3.8, 4) is 0 Å². The minimum atomic E-state index is -0.338. The van der Waals surface area contributed by atoms with Crippen LogP contribution in [-0.2, 0) is 4.74 Å². The van der Waals surface area contributed by atoms with Gasteiger partial charge in [0, 0.05) is 23.8 Å². The van der Waals surface area contributed by atoms with Crippen LogP contribution in [0.4, 0.5) is 5.82 Å². The lowest BCUT2D eigenvalue weighted by Crippen LogP contribution is -2.39. The van der Waals surface area contributed by atoms with Gasteiger partial charge in [-0.25, -0.2) is 9.78 Å². The Morgan fingerprint density at radius 2 is 2.21 bits per heavy atom. The highest BCUT2D eigenvalue weighted by atomic mass is 79.9. The summed E-state index contributed by atoms with van der Waals surface area (Å²) < 4.78 is 5.63. The summed E-state index contributed by atoms with van der Waals surface area (Å²) in [5, 5.41) is 0. The van der Waals surface area contributed by atoms with E-state index in [2.05, 4.69) is 39.7 Å². The number of carbonyl (C=O) groups excluding carboxylic acids is 1. The minimum absolute atomic E-state index is 0.338. The smallest absolute Gasteiger partial charge is 0.341 e. The van der Waals surface area contributed by atoms with E-state index in [9.17, 15) is 4.79 Å². The van der Waals surface area contributed by atoms with Crippen molar-refractivity contribution >= 4 is 27.7 Å². The number of piperidine rings is 1. The van der Waals surface area contributed by atoms with Crippen LogP contribution in [0, 0.1) is 11.8 Å². The van der Waals surface area contributed by atoms with Crippen LogP contribution in [0.25, 0.3) is 0 Å². The fourth-order valence-electron chi connectivity index (χ4n) is 2.40. The van der Waals surface area contributed by atoms with Crippen LogP contribution >= 0.6 is 15.9 Å². The zero-order valence-electron chi connectivity index (χ0n) is 11.5. The third-order valence-electron chi connectivity index (χ3n) is 3.87. The molecule has 0 aromatic carbocycles. The molecule has 0 aliphatic carbocycles. The van der Waals surface area contributed by atoms with E-state index in [1.807, 2.05) is 0 Å². The van der Waals surface area contributed by atoms with Gasteiger partial charge < -0.3 is 9.64 Å². The average Bonchev–Trinajstić information content (AvgIpc) is 2.41. The van der Waals surface area contributed by atoms with E-state index < -0.39 is 0 Å². The fraction of sp³-hybridized carbons (Fsp3) is 0.571. The summed E-state index contributed by atoms with van der Waals surface area (Å²) in [6.45, 7) is 6.38. The van der Waals surface area contributed by atoms with Crippen molar-refractivity contribution in [3.05, 3.63) is 22.3 Å². The highest BCUT2D eigenvalue weighted by Crippen LogP contribution is 2.29. The summed E-state index contributed by atoms with van der Waals surface area (Å²) in [7, 11) is 1.40. The van der Waals surface area contributed by atoms with Crippen LogP contribution in [0.15, 0.2) is 16.7 Å². The highest BCUT2D eigenvalue weighted by Gasteiger charge is 2.26. The summed E-state index contributed by atoms with van der Waals surface area (Å²) in [5.41, 5.74) is 0.527. The van der Waals surface area contributed by atoms with Gasteiger partial charge in [-0.15, -0.1) is 0 Å². The third kappa shape index (κ3) is 3.08. The number of ether oxygens (including phenoxy) is 1. The normalized spacial score (nSPS) is 23.3. The third-order valence-corrected chi connectivity index (χ3v) is 4.31. The molecule has 0 radical (unpaired) electrons. The molecule has 0 saturated carbocycles. The number of halogens is 1. The van der Waals surface area contributed by atoms with Crippen molar-refractivity contribution in [2.45, 2.75) is 20.3 Å². The fourth-order valence-corrected chi connectivity index (χ4v) is 2.73. The van der Waals surface area contributed by atoms with Gasteiger partial charge in [-0.1, -0.05) is 13.8 Å². The molecule has 2 unspecified atom stereocenters. The van der Waals surface area contributed by atoms with Crippen LogP contribution in [0.2, 0.25) is 0 Å². The number of nitrogens with zero attached hydrogens (tertiary/aromatic N) is 2. The van der Waals surface area contributed by atoms with Crippen molar-refractivity contribution in [2.24, 2.45) is 11.8 Å². The maximum absolute atomic E-state index is 11.9. The molecule has 1 aromatic heterocycles. The molecule has 0 spiro atoms. The molecule has 4 nitrogen and oxygen atoms in total. The van der Waals surface area contributed by atoms with E-state index in [0.29, 0.717) is 17.4 Å². The van der Waals surface area contributed by atoms with Crippen molar-refractivity contribution in [3.63, 3.8) is 0 Å². The van der Waals surface area contributed by atoms with Gasteiger partial charge in [-0.2, -0.15) is 0 Å². The highest BCUT2D eigenvalue weighted by molar-refractivity contribution is 9.10. The van der Waals surface area contributed by atoms with Crippen LogP contribution in [0.5, 0.6) is 0 Å². The number of hydrogen-bond acceptors (Lipinski definition) is 4. The number of rotatable bonds is 2. The lowest BCUT2D eigenvalue weighted by molar-refractivity contribution is 0.0600. The average molecular weight is 327 g/mol. The number of hydrogen-bond donors (Lipinski definition) is 0. The molecule has 0 bridgehead atoms. The topological polar surface area (TPSA) is 42.4 Å². The number of methoxy groups -OCH3 is 1. The van der Waals surface area contributed by atoms with Gasteiger partial charge in [-0.05, 0) is 40.3 Å². The Morgan fingerprint density at radius 3 is 2.84 bits per heavy atom. The first-order valence-electron chi connectivity index (χ1n) is 6.51. The van der Waals surface area contributed by atoms with Crippen LogP contribution in [-0.4, -0.2) is 31.2 Å². The molecule has 1 aliphatic rings. The number of anilines is 1. The summed E-state index contributed by atoms with van der Waals surface area (Å²) in [6, 6.07) is 1.77. The second-order valence-electron chi connectivity index (χ2n) is 5.21. The van der Waals surface area contributed by atoms with E-state index >= 15 is 0 Å². The van der Waals surface area contributed by atoms with Gasteiger partial charge in [-0.3, -0.25) is 0 Å². The summed E-state index contributed by atoms with van der Waals surface area (Å²) in [4.78, 5) is 18.5. The molecule has 2 heterocycles. The SMILES string of the molecule is COC(=O)c1cc(Br)cnc1N1CCC(C)C(C)C1. The lowest BCUT2D eigenvalue weighted by atomic mass is 9.88. The van der Waals surface area contributed by atoms with Gasteiger partial charge in [0.1, 0.15) is 11.4 Å². The van der Waals surface area contributed by atoms with Crippen LogP contribution in [0.3, 0.4) is 0 Å². The van der Waals surface area contributed by atoms with Gasteiger partial charge in [0.05, 0.1) is 7.11 Å². The monoisotopic (exact) mass is 326 g/mol. The first-order chi connectivity index (χ1) is 9.02. The van der Waals surface area contributed by atoms with Gasteiger partial charge >= 0.3 is 5.97 Å². The number of pyridine rings is 1. The number of carbonyl (C=O) groups is 1. The van der Waals surface area contributed by atoms with E-state index in [1.54, 1.807) is 12.3 Å². The Balaban J connectivity index is 2.31. The zero-order chi connectivity index (χ0) is 14.0. The van der Waals surface area contributed by atoms with Gasteiger partial charge in [0.15, 0.2) is 0 Å². The Morgan fingerprint density at radius 1 is 1.47 bits per heavy atom. The Bertz CT molecular complexity index is 479. The molecule has 1 fully saturated rings. The molecule has 5 heteroatoms. The molecular formula is C14H19BrN2O2. The van der Waals surface area contributed by atoms with Crippen molar-refractivity contribution in [2.75, 3.05) is 25.1 Å². The quantitative estimate of drug-likeness (QED) is 0.783. The predicted octanol–water partition coefficient (Wildman–Crippen LogP) is 3.11. The predicted molar refractivity (Wildman–Crippen MR) is 78.4 cm³/mol. The van der Waals surface area contributed by atoms with Crippen LogP contribution < -0.4 is 4.90 Å². The Kier molecular flexibility index (Phi) is 4.45. The molecule has 0 N–H and O–H groups in total. The molecular weight excluding hydrogens is 308 g/mol. The molecule has 104 valence electrons. The lowest BCUT2D eigenvalue weighted by Gasteiger charge is -2.36. The molecule has 2 atom stereocenters. The summed E-state index contributed by atoms with van der Waals surface area (Å²) in [5.74, 6) is 1.71. The van der Waals surface area contributed by atoms with Crippen molar-refractivity contribution in [1.82, 2.24) is 4.98 Å². The van der Waals surface area contributed by atoms with Gasteiger partial charge in [0.2, 0.25) is 0 Å². The second-order valence-corrected chi connectivity index (χ2v) is 6.12. The number of esters is 1. The molecule has 0 amide bonds. The van der Waals surface area contributed by atoms with Crippen LogP contribution in [0.1, 0.15) is 30.6 Å². The molecule has 1 aliphatic heterocycles. The molecule has 19 heavy (non-hydrogen) atoms. The van der Waals surface area contributed by atoms with E-state index in [-0.39, 0.29) is 5.97 Å². The van der Waals surface area contributed by atoms with Crippen molar-refractivity contribution in [1.29, 1.82) is 0 Å². The second kappa shape index (κ2) is 5.90. The molecule has 1 saturated heterocycles. The van der Waals surface area contributed by atoms with E-state index in [4.69, 9.17) is 4.74 Å². The van der Waals surface area contributed by atoms with E-state index in [1.165, 1.54) is 7.11 Å². The number of aromatic nitrogens is 1. The summed E-state index contributed by atoms with van der Waals surface area (Å²) in [6.07, 6.45) is 2.85. The summed E-state index contributed by atoms with van der Waals surface area (Å²) >= 11 is 3.35. The van der Waals surface area contributed by atoms with Crippen molar-refractivity contribution < 1.29 is 9.53 Å². The minimum Gasteiger partial charge on any atom is -0.465 e. The standard InChI is InChI=1S/C14H19BrN2O2/c1-9-4-5-17(8-10(9)2)13-12(14(18)19-3)6-11(15)7-16-13/h6-7,9-10H,4-5,8H2,1-3H3.